The first-order valence-corrected chi connectivity index (χ1v) is 8.71. The van der Waals surface area contributed by atoms with Gasteiger partial charge in [0.15, 0.2) is 0 Å². The van der Waals surface area contributed by atoms with Gasteiger partial charge < -0.3 is 9.88 Å². The van der Waals surface area contributed by atoms with Crippen molar-refractivity contribution in [3.05, 3.63) is 59.2 Å². The van der Waals surface area contributed by atoms with Crippen molar-refractivity contribution in [3.8, 4) is 11.4 Å². The Morgan fingerprint density at radius 2 is 2.12 bits per heavy atom. The van der Waals surface area contributed by atoms with Gasteiger partial charge in [-0.3, -0.25) is 9.89 Å². The van der Waals surface area contributed by atoms with E-state index < -0.39 is 0 Å². The van der Waals surface area contributed by atoms with Crippen molar-refractivity contribution in [3.63, 3.8) is 0 Å². The summed E-state index contributed by atoms with van der Waals surface area (Å²) in [4.78, 5) is 22.6. The van der Waals surface area contributed by atoms with Crippen molar-refractivity contribution in [2.24, 2.45) is 0 Å². The van der Waals surface area contributed by atoms with Gasteiger partial charge in [0, 0.05) is 24.2 Å². The molecule has 0 aliphatic carbocycles. The molecule has 0 saturated carbocycles. The monoisotopic (exact) mass is 335 g/mol. The molecule has 1 aliphatic heterocycles. The SMILES string of the molecule is CCCc1cc(C(=O)N2CCc3nc(-c4ccccc4)[nH]c3C2)n[nH]1. The molecule has 0 spiro atoms. The zero-order valence-corrected chi connectivity index (χ0v) is 14.2. The second-order valence-corrected chi connectivity index (χ2v) is 6.38. The third-order valence-electron chi connectivity index (χ3n) is 4.54. The lowest BCUT2D eigenvalue weighted by atomic mass is 10.1. The molecule has 0 atom stereocenters. The minimum absolute atomic E-state index is 0.0277. The summed E-state index contributed by atoms with van der Waals surface area (Å²) in [6, 6.07) is 11.9. The van der Waals surface area contributed by atoms with E-state index in [1.807, 2.05) is 41.3 Å². The van der Waals surface area contributed by atoms with Crippen LogP contribution in [0.25, 0.3) is 11.4 Å². The Kier molecular flexibility index (Phi) is 4.09. The maximum absolute atomic E-state index is 12.7. The van der Waals surface area contributed by atoms with Gasteiger partial charge in [0.1, 0.15) is 11.5 Å². The maximum Gasteiger partial charge on any atom is 0.274 e. The van der Waals surface area contributed by atoms with Crippen LogP contribution in [0.2, 0.25) is 0 Å². The Bertz CT molecular complexity index is 880. The van der Waals surface area contributed by atoms with Crippen LogP contribution in [0.1, 0.15) is 40.9 Å². The summed E-state index contributed by atoms with van der Waals surface area (Å²) in [5.41, 5.74) is 4.64. The van der Waals surface area contributed by atoms with E-state index in [0.29, 0.717) is 18.8 Å². The summed E-state index contributed by atoms with van der Waals surface area (Å²) in [7, 11) is 0. The number of nitrogens with zero attached hydrogens (tertiary/aromatic N) is 3. The molecule has 2 N–H and O–H groups in total. The fourth-order valence-corrected chi connectivity index (χ4v) is 3.23. The van der Waals surface area contributed by atoms with E-state index in [0.717, 1.165) is 47.7 Å². The van der Waals surface area contributed by atoms with Crippen molar-refractivity contribution < 1.29 is 4.79 Å². The Labute approximate surface area is 146 Å². The third kappa shape index (κ3) is 3.07. The van der Waals surface area contributed by atoms with Crippen LogP contribution in [0.15, 0.2) is 36.4 Å². The smallest absolute Gasteiger partial charge is 0.274 e. The number of carbonyl (C=O) groups is 1. The number of aromatic amines is 2. The van der Waals surface area contributed by atoms with E-state index in [4.69, 9.17) is 4.98 Å². The molecule has 0 radical (unpaired) electrons. The van der Waals surface area contributed by atoms with E-state index in [9.17, 15) is 4.79 Å². The van der Waals surface area contributed by atoms with Crippen molar-refractivity contribution in [1.29, 1.82) is 0 Å². The molecule has 3 aromatic rings. The van der Waals surface area contributed by atoms with Gasteiger partial charge in [0.2, 0.25) is 0 Å². The van der Waals surface area contributed by atoms with Gasteiger partial charge in [-0.05, 0) is 12.5 Å². The average Bonchev–Trinajstić information content (AvgIpc) is 3.28. The molecule has 2 aromatic heterocycles. The Hall–Kier alpha value is -2.89. The molecular formula is C19H21N5O. The lowest BCUT2D eigenvalue weighted by Crippen LogP contribution is -2.36. The Morgan fingerprint density at radius 3 is 2.92 bits per heavy atom. The van der Waals surface area contributed by atoms with Crippen LogP contribution < -0.4 is 0 Å². The topological polar surface area (TPSA) is 77.7 Å². The number of rotatable bonds is 4. The molecule has 6 nitrogen and oxygen atoms in total. The van der Waals surface area contributed by atoms with E-state index in [1.165, 1.54) is 0 Å². The molecule has 128 valence electrons. The molecule has 0 fully saturated rings. The predicted octanol–water partition coefficient (Wildman–Crippen LogP) is 2.95. The number of hydrogen-bond donors (Lipinski definition) is 2. The number of amides is 1. The quantitative estimate of drug-likeness (QED) is 0.769. The summed E-state index contributed by atoms with van der Waals surface area (Å²) in [5, 5.41) is 7.13. The number of fused-ring (bicyclic) bond motifs is 1. The van der Waals surface area contributed by atoms with Gasteiger partial charge in [-0.1, -0.05) is 43.7 Å². The van der Waals surface area contributed by atoms with Crippen LogP contribution in [0.4, 0.5) is 0 Å². The highest BCUT2D eigenvalue weighted by atomic mass is 16.2. The van der Waals surface area contributed by atoms with Gasteiger partial charge in [-0.15, -0.1) is 0 Å². The van der Waals surface area contributed by atoms with Gasteiger partial charge in [0.05, 0.1) is 17.9 Å². The van der Waals surface area contributed by atoms with Gasteiger partial charge in [0.25, 0.3) is 5.91 Å². The van der Waals surface area contributed by atoms with Gasteiger partial charge in [-0.25, -0.2) is 4.98 Å². The van der Waals surface area contributed by atoms with Gasteiger partial charge in [-0.2, -0.15) is 5.10 Å². The fourth-order valence-electron chi connectivity index (χ4n) is 3.23. The minimum atomic E-state index is -0.0277. The Balaban J connectivity index is 1.52. The normalized spacial score (nSPS) is 13.7. The molecule has 1 aromatic carbocycles. The van der Waals surface area contributed by atoms with Crippen LogP contribution >= 0.6 is 0 Å². The summed E-state index contributed by atoms with van der Waals surface area (Å²) < 4.78 is 0. The first-order valence-electron chi connectivity index (χ1n) is 8.71. The highest BCUT2D eigenvalue weighted by Gasteiger charge is 2.26. The Morgan fingerprint density at radius 1 is 1.28 bits per heavy atom. The van der Waals surface area contributed by atoms with Gasteiger partial charge >= 0.3 is 0 Å². The zero-order valence-electron chi connectivity index (χ0n) is 14.2. The van der Waals surface area contributed by atoms with Crippen molar-refractivity contribution in [2.75, 3.05) is 6.54 Å². The van der Waals surface area contributed by atoms with E-state index in [-0.39, 0.29) is 5.91 Å². The third-order valence-corrected chi connectivity index (χ3v) is 4.54. The summed E-state index contributed by atoms with van der Waals surface area (Å²) >= 11 is 0. The average molecular weight is 335 g/mol. The van der Waals surface area contributed by atoms with E-state index in [1.54, 1.807) is 0 Å². The zero-order chi connectivity index (χ0) is 17.2. The first-order chi connectivity index (χ1) is 12.2. The number of aryl methyl sites for hydroxylation is 1. The molecule has 1 aliphatic rings. The van der Waals surface area contributed by atoms with Crippen LogP contribution in [-0.4, -0.2) is 37.5 Å². The number of nitrogens with one attached hydrogen (secondary N) is 2. The lowest BCUT2D eigenvalue weighted by Gasteiger charge is -2.25. The maximum atomic E-state index is 12.7. The van der Waals surface area contributed by atoms with Crippen LogP contribution in [-0.2, 0) is 19.4 Å². The predicted molar refractivity (Wildman–Crippen MR) is 95.1 cm³/mol. The van der Waals surface area contributed by atoms with E-state index >= 15 is 0 Å². The number of carbonyl (C=O) groups excluding carboxylic acids is 1. The number of imidazole rings is 1. The molecular weight excluding hydrogens is 314 g/mol. The minimum Gasteiger partial charge on any atom is -0.340 e. The molecule has 4 rings (SSSR count). The number of hydrogen-bond acceptors (Lipinski definition) is 3. The van der Waals surface area contributed by atoms with Crippen LogP contribution in [0.5, 0.6) is 0 Å². The molecule has 0 saturated heterocycles. The second-order valence-electron chi connectivity index (χ2n) is 6.38. The second kappa shape index (κ2) is 6.55. The molecule has 0 unspecified atom stereocenters. The summed E-state index contributed by atoms with van der Waals surface area (Å²) in [6.45, 7) is 3.32. The molecule has 0 bridgehead atoms. The number of benzene rings is 1. The van der Waals surface area contributed by atoms with Crippen molar-refractivity contribution in [2.45, 2.75) is 32.7 Å². The standard InChI is InChI=1S/C19H21N5O/c1-2-6-14-11-16(23-22-14)19(25)24-10-9-15-17(12-24)21-18(20-15)13-7-4-3-5-8-13/h3-5,7-8,11H,2,6,9-10,12H2,1H3,(H,20,21)(H,22,23). The van der Waals surface area contributed by atoms with Crippen LogP contribution in [0, 0.1) is 0 Å². The fraction of sp³-hybridized carbons (Fsp3) is 0.316. The number of H-pyrrole nitrogens is 2. The van der Waals surface area contributed by atoms with Crippen molar-refractivity contribution >= 4 is 5.91 Å². The van der Waals surface area contributed by atoms with E-state index in [2.05, 4.69) is 22.1 Å². The van der Waals surface area contributed by atoms with Crippen molar-refractivity contribution in [1.82, 2.24) is 25.1 Å². The summed E-state index contributed by atoms with van der Waals surface area (Å²) in [5.74, 6) is 0.838. The van der Waals surface area contributed by atoms with Crippen LogP contribution in [0.3, 0.4) is 0 Å². The molecule has 1 amide bonds. The molecule has 6 heteroatoms. The largest absolute Gasteiger partial charge is 0.340 e. The highest BCUT2D eigenvalue weighted by Crippen LogP contribution is 2.23. The highest BCUT2D eigenvalue weighted by molar-refractivity contribution is 5.92. The lowest BCUT2D eigenvalue weighted by molar-refractivity contribution is 0.0726. The molecule has 3 heterocycles. The summed E-state index contributed by atoms with van der Waals surface area (Å²) in [6.07, 6.45) is 2.70. The number of aromatic nitrogens is 4. The first kappa shape index (κ1) is 15.6. The molecule has 25 heavy (non-hydrogen) atoms.